The van der Waals surface area contributed by atoms with Gasteiger partial charge >= 0.3 is 0 Å². The highest BCUT2D eigenvalue weighted by molar-refractivity contribution is 5.94. The van der Waals surface area contributed by atoms with E-state index in [0.717, 1.165) is 0 Å². The van der Waals surface area contributed by atoms with Crippen molar-refractivity contribution in [2.75, 3.05) is 0 Å². The fourth-order valence-corrected chi connectivity index (χ4v) is 1.21. The average Bonchev–Trinajstić information content (AvgIpc) is 2.39. The molecule has 5 heteroatoms. The number of hydrogen-bond donors (Lipinski definition) is 2. The Bertz CT molecular complexity index is 475. The number of fused-ring (bicyclic) bond motifs is 1. The summed E-state index contributed by atoms with van der Waals surface area (Å²) in [6.45, 7) is 0. The first kappa shape index (κ1) is 7.60. The average molecular weight is 177 g/mol. The summed E-state index contributed by atoms with van der Waals surface area (Å²) in [5, 5.41) is 9.27. The molecule has 1 amide bonds. The van der Waals surface area contributed by atoms with Gasteiger partial charge in [-0.2, -0.15) is 4.98 Å². The number of aromatic hydroxyl groups is 1. The van der Waals surface area contributed by atoms with Crippen molar-refractivity contribution in [2.24, 2.45) is 5.73 Å². The molecule has 0 aliphatic heterocycles. The van der Waals surface area contributed by atoms with Crippen LogP contribution in [0.3, 0.4) is 0 Å². The fourth-order valence-electron chi connectivity index (χ4n) is 1.21. The first-order valence-electron chi connectivity index (χ1n) is 3.66. The summed E-state index contributed by atoms with van der Waals surface area (Å²) in [7, 11) is 0. The quantitative estimate of drug-likeness (QED) is 0.650. The maximum absolute atomic E-state index is 10.9. The van der Waals surface area contributed by atoms with Crippen LogP contribution in [0, 0.1) is 0 Å². The van der Waals surface area contributed by atoms with Crippen molar-refractivity contribution >= 4 is 11.6 Å². The number of nitrogens with two attached hydrogens (primary N) is 1. The van der Waals surface area contributed by atoms with Crippen LogP contribution in [0.15, 0.2) is 24.4 Å². The van der Waals surface area contributed by atoms with Gasteiger partial charge in [0.15, 0.2) is 5.69 Å². The highest BCUT2D eigenvalue weighted by atomic mass is 16.3. The van der Waals surface area contributed by atoms with Gasteiger partial charge in [0.05, 0.1) is 0 Å². The molecule has 0 aliphatic rings. The molecule has 0 aromatic carbocycles. The van der Waals surface area contributed by atoms with Crippen LogP contribution in [0.2, 0.25) is 0 Å². The van der Waals surface area contributed by atoms with Crippen LogP contribution in [-0.4, -0.2) is 20.4 Å². The van der Waals surface area contributed by atoms with Crippen molar-refractivity contribution in [2.45, 2.75) is 0 Å². The van der Waals surface area contributed by atoms with Crippen LogP contribution in [0.5, 0.6) is 5.88 Å². The van der Waals surface area contributed by atoms with Gasteiger partial charge in [0, 0.05) is 6.20 Å². The zero-order valence-electron chi connectivity index (χ0n) is 6.64. The molecule has 3 N–H and O–H groups in total. The molecule has 0 spiro atoms. The Balaban J connectivity index is 2.86. The molecular weight excluding hydrogens is 170 g/mol. The molecule has 5 nitrogen and oxygen atoms in total. The van der Waals surface area contributed by atoms with Gasteiger partial charge in [-0.15, -0.1) is 0 Å². The van der Waals surface area contributed by atoms with Crippen LogP contribution < -0.4 is 5.73 Å². The van der Waals surface area contributed by atoms with E-state index in [1.807, 2.05) is 0 Å². The Kier molecular flexibility index (Phi) is 1.45. The van der Waals surface area contributed by atoms with E-state index in [1.165, 1.54) is 4.40 Å². The third kappa shape index (κ3) is 1.01. The van der Waals surface area contributed by atoms with E-state index in [4.69, 9.17) is 5.73 Å². The zero-order valence-corrected chi connectivity index (χ0v) is 6.64. The second kappa shape index (κ2) is 2.48. The van der Waals surface area contributed by atoms with Gasteiger partial charge in [-0.05, 0) is 12.1 Å². The van der Waals surface area contributed by atoms with Crippen LogP contribution in [0.1, 0.15) is 10.5 Å². The number of aromatic nitrogens is 2. The summed E-state index contributed by atoms with van der Waals surface area (Å²) in [6, 6.07) is 5.15. The van der Waals surface area contributed by atoms with Crippen LogP contribution in [0.25, 0.3) is 5.65 Å². The van der Waals surface area contributed by atoms with Gasteiger partial charge in [-0.1, -0.05) is 6.07 Å². The van der Waals surface area contributed by atoms with Crippen LogP contribution >= 0.6 is 0 Å². The number of primary amides is 1. The van der Waals surface area contributed by atoms with Gasteiger partial charge in [-0.25, -0.2) is 0 Å². The first-order valence-corrected chi connectivity index (χ1v) is 3.66. The normalized spacial score (nSPS) is 10.5. The largest absolute Gasteiger partial charge is 0.492 e. The van der Waals surface area contributed by atoms with Gasteiger partial charge in [-0.3, -0.25) is 9.20 Å². The van der Waals surface area contributed by atoms with Gasteiger partial charge in [0.25, 0.3) is 5.91 Å². The number of pyridine rings is 1. The molecule has 2 aromatic heterocycles. The number of amides is 1. The SMILES string of the molecule is NC(=O)c1c(O)nc2ccccn12. The second-order valence-corrected chi connectivity index (χ2v) is 2.58. The summed E-state index contributed by atoms with van der Waals surface area (Å²) in [5.74, 6) is -1.03. The molecule has 2 aromatic rings. The molecule has 0 atom stereocenters. The van der Waals surface area contributed by atoms with Gasteiger partial charge in [0.1, 0.15) is 5.65 Å². The van der Waals surface area contributed by atoms with Crippen molar-refractivity contribution in [3.05, 3.63) is 30.1 Å². The van der Waals surface area contributed by atoms with Gasteiger partial charge < -0.3 is 10.8 Å². The van der Waals surface area contributed by atoms with E-state index >= 15 is 0 Å². The summed E-state index contributed by atoms with van der Waals surface area (Å²) < 4.78 is 1.44. The molecule has 2 rings (SSSR count). The summed E-state index contributed by atoms with van der Waals surface area (Å²) in [5.41, 5.74) is 5.57. The Morgan fingerprint density at radius 1 is 1.54 bits per heavy atom. The standard InChI is InChI=1S/C8H7N3O2/c9-7(12)6-8(13)10-5-3-1-2-4-11(5)6/h1-4,13H,(H2,9,12). The minimum atomic E-state index is -0.698. The topological polar surface area (TPSA) is 80.6 Å². The van der Waals surface area contributed by atoms with Crippen molar-refractivity contribution in [3.8, 4) is 5.88 Å². The lowest BCUT2D eigenvalue weighted by Gasteiger charge is -1.94. The van der Waals surface area contributed by atoms with Crippen LogP contribution in [0.4, 0.5) is 0 Å². The molecular formula is C8H7N3O2. The Morgan fingerprint density at radius 2 is 2.31 bits per heavy atom. The van der Waals surface area contributed by atoms with E-state index in [9.17, 15) is 9.90 Å². The van der Waals surface area contributed by atoms with Gasteiger partial charge in [0.2, 0.25) is 5.88 Å². The maximum Gasteiger partial charge on any atom is 0.271 e. The monoisotopic (exact) mass is 177 g/mol. The molecule has 0 aliphatic carbocycles. The van der Waals surface area contributed by atoms with Crippen molar-refractivity contribution in [1.29, 1.82) is 0 Å². The molecule has 0 fully saturated rings. The van der Waals surface area contributed by atoms with E-state index < -0.39 is 5.91 Å². The van der Waals surface area contributed by atoms with E-state index in [1.54, 1.807) is 24.4 Å². The molecule has 0 saturated heterocycles. The number of rotatable bonds is 1. The maximum atomic E-state index is 10.9. The Morgan fingerprint density at radius 3 is 3.00 bits per heavy atom. The predicted molar refractivity (Wildman–Crippen MR) is 45.4 cm³/mol. The summed E-state index contributed by atoms with van der Waals surface area (Å²) >= 11 is 0. The molecule has 0 saturated carbocycles. The van der Waals surface area contributed by atoms with E-state index in [0.29, 0.717) is 5.65 Å². The van der Waals surface area contributed by atoms with Crippen molar-refractivity contribution < 1.29 is 9.90 Å². The molecule has 0 bridgehead atoms. The lowest BCUT2D eigenvalue weighted by Crippen LogP contribution is -2.13. The number of imidazole rings is 1. The second-order valence-electron chi connectivity index (χ2n) is 2.58. The lowest BCUT2D eigenvalue weighted by atomic mass is 10.4. The summed E-state index contributed by atoms with van der Waals surface area (Å²) in [6.07, 6.45) is 1.61. The molecule has 0 radical (unpaired) electrons. The zero-order chi connectivity index (χ0) is 9.42. The fraction of sp³-hybridized carbons (Fsp3) is 0. The lowest BCUT2D eigenvalue weighted by molar-refractivity contribution is 0.0992. The number of nitrogens with zero attached hydrogens (tertiary/aromatic N) is 2. The Hall–Kier alpha value is -2.04. The number of carbonyl (C=O) groups is 1. The minimum Gasteiger partial charge on any atom is -0.492 e. The summed E-state index contributed by atoms with van der Waals surface area (Å²) in [4.78, 5) is 14.7. The highest BCUT2D eigenvalue weighted by Gasteiger charge is 2.14. The van der Waals surface area contributed by atoms with Crippen molar-refractivity contribution in [3.63, 3.8) is 0 Å². The Labute approximate surface area is 73.4 Å². The molecule has 13 heavy (non-hydrogen) atoms. The van der Waals surface area contributed by atoms with E-state index in [-0.39, 0.29) is 11.6 Å². The molecule has 2 heterocycles. The first-order chi connectivity index (χ1) is 6.20. The highest BCUT2D eigenvalue weighted by Crippen LogP contribution is 2.16. The third-order valence-corrected chi connectivity index (χ3v) is 1.74. The van der Waals surface area contributed by atoms with E-state index in [2.05, 4.69) is 4.98 Å². The molecule has 66 valence electrons. The van der Waals surface area contributed by atoms with Crippen LogP contribution in [-0.2, 0) is 0 Å². The number of carbonyl (C=O) groups excluding carboxylic acids is 1. The third-order valence-electron chi connectivity index (χ3n) is 1.74. The minimum absolute atomic E-state index is 0.00981. The van der Waals surface area contributed by atoms with Crippen molar-refractivity contribution in [1.82, 2.24) is 9.38 Å². The smallest absolute Gasteiger partial charge is 0.271 e. The molecule has 0 unspecified atom stereocenters. The predicted octanol–water partition coefficient (Wildman–Crippen LogP) is 0.139. The number of hydrogen-bond acceptors (Lipinski definition) is 3.